The lowest BCUT2D eigenvalue weighted by molar-refractivity contribution is -0.131. The average molecular weight is 544 g/mol. The standard InChI is InChI=1S/C29H53N9O/c1-2-3-10-26(39)37-17-19-38(20-18-37)29-35-27(30)34-28(36-29)33-22-24-13-11-23(12-14-24)21-31-15-7-16-32-25-8-5-4-6-9-25/h23-25,31-32H,2-22H2,1H3,(H3,30,33,34,35,36)/t23-,24-. The number of hydrogen-bond donors (Lipinski definition) is 4. The SMILES string of the molecule is CCCCC(=O)N1CCN(c2nc(N)nc(NC[C@H]3CC[C@H](CNCCCNC4CCCCC4)CC3)n2)CC1. The highest BCUT2D eigenvalue weighted by Crippen LogP contribution is 2.28. The molecule has 3 fully saturated rings. The molecule has 2 heterocycles. The third-order valence-electron chi connectivity index (χ3n) is 8.82. The zero-order valence-electron chi connectivity index (χ0n) is 24.3. The van der Waals surface area contributed by atoms with E-state index >= 15 is 0 Å². The average Bonchev–Trinajstić information content (AvgIpc) is 2.97. The zero-order valence-corrected chi connectivity index (χ0v) is 24.3. The summed E-state index contributed by atoms with van der Waals surface area (Å²) in [5.41, 5.74) is 6.03. The van der Waals surface area contributed by atoms with Gasteiger partial charge < -0.3 is 31.5 Å². The fourth-order valence-corrected chi connectivity index (χ4v) is 6.25. The van der Waals surface area contributed by atoms with Gasteiger partial charge in [-0.05, 0) is 82.8 Å². The zero-order chi connectivity index (χ0) is 27.3. The van der Waals surface area contributed by atoms with E-state index in [1.54, 1.807) is 0 Å². The molecule has 3 aliphatic rings. The summed E-state index contributed by atoms with van der Waals surface area (Å²) in [7, 11) is 0. The minimum atomic E-state index is 0.243. The van der Waals surface area contributed by atoms with Crippen LogP contribution in [0.2, 0.25) is 0 Å². The van der Waals surface area contributed by atoms with Gasteiger partial charge in [-0.25, -0.2) is 0 Å². The minimum absolute atomic E-state index is 0.243. The topological polar surface area (TPSA) is 124 Å². The lowest BCUT2D eigenvalue weighted by atomic mass is 9.82. The first-order chi connectivity index (χ1) is 19.1. The number of anilines is 3. The van der Waals surface area contributed by atoms with Crippen LogP contribution in [0.5, 0.6) is 0 Å². The first-order valence-electron chi connectivity index (χ1n) is 15.8. The molecule has 0 atom stereocenters. The maximum Gasteiger partial charge on any atom is 0.232 e. The second-order valence-electron chi connectivity index (χ2n) is 11.9. The van der Waals surface area contributed by atoms with Crippen molar-refractivity contribution in [2.75, 3.05) is 68.3 Å². The van der Waals surface area contributed by atoms with Crippen molar-refractivity contribution in [3.05, 3.63) is 0 Å². The number of unbranched alkanes of at least 4 members (excludes halogenated alkanes) is 1. The molecular weight excluding hydrogens is 490 g/mol. The van der Waals surface area contributed by atoms with Crippen LogP contribution in [0.4, 0.5) is 17.8 Å². The predicted octanol–water partition coefficient (Wildman–Crippen LogP) is 3.41. The second kappa shape index (κ2) is 16.2. The number of amides is 1. The minimum Gasteiger partial charge on any atom is -0.368 e. The Hall–Kier alpha value is -2.20. The highest BCUT2D eigenvalue weighted by atomic mass is 16.2. The number of hydrogen-bond acceptors (Lipinski definition) is 9. The predicted molar refractivity (Wildman–Crippen MR) is 159 cm³/mol. The summed E-state index contributed by atoms with van der Waals surface area (Å²) < 4.78 is 0. The van der Waals surface area contributed by atoms with Crippen LogP contribution in [-0.4, -0.2) is 84.2 Å². The van der Waals surface area contributed by atoms with Crippen molar-refractivity contribution in [1.82, 2.24) is 30.5 Å². The van der Waals surface area contributed by atoms with Crippen molar-refractivity contribution < 1.29 is 4.79 Å². The molecule has 2 saturated carbocycles. The van der Waals surface area contributed by atoms with Crippen molar-refractivity contribution in [2.24, 2.45) is 11.8 Å². The van der Waals surface area contributed by atoms with Gasteiger partial charge in [0.15, 0.2) is 0 Å². The summed E-state index contributed by atoms with van der Waals surface area (Å²) in [6.45, 7) is 9.24. The normalized spacial score (nSPS) is 22.7. The Balaban J connectivity index is 1.09. The van der Waals surface area contributed by atoms with Gasteiger partial charge in [0, 0.05) is 45.2 Å². The summed E-state index contributed by atoms with van der Waals surface area (Å²) in [6, 6.07) is 0.769. The molecule has 1 aromatic rings. The molecule has 5 N–H and O–H groups in total. The number of nitrogen functional groups attached to an aromatic ring is 1. The van der Waals surface area contributed by atoms with Gasteiger partial charge in [-0.1, -0.05) is 32.6 Å². The number of carbonyl (C=O) groups is 1. The second-order valence-corrected chi connectivity index (χ2v) is 11.9. The number of carbonyl (C=O) groups excluding carboxylic acids is 1. The molecule has 2 aliphatic carbocycles. The Morgan fingerprint density at radius 1 is 0.872 bits per heavy atom. The van der Waals surface area contributed by atoms with Crippen LogP contribution >= 0.6 is 0 Å². The molecule has 10 heteroatoms. The number of nitrogens with zero attached hydrogens (tertiary/aromatic N) is 5. The van der Waals surface area contributed by atoms with Gasteiger partial charge in [-0.3, -0.25) is 4.79 Å². The summed E-state index contributed by atoms with van der Waals surface area (Å²) in [4.78, 5) is 29.8. The van der Waals surface area contributed by atoms with E-state index in [2.05, 4.69) is 42.7 Å². The number of nitrogens with one attached hydrogen (secondary N) is 3. The molecule has 1 amide bonds. The van der Waals surface area contributed by atoms with Crippen molar-refractivity contribution >= 4 is 23.8 Å². The fraction of sp³-hybridized carbons (Fsp3) is 0.862. The summed E-state index contributed by atoms with van der Waals surface area (Å²) >= 11 is 0. The molecule has 10 nitrogen and oxygen atoms in total. The Labute approximate surface area is 235 Å². The van der Waals surface area contributed by atoms with Crippen molar-refractivity contribution in [1.29, 1.82) is 0 Å². The maximum absolute atomic E-state index is 12.3. The van der Waals surface area contributed by atoms with Gasteiger partial charge in [-0.15, -0.1) is 0 Å². The lowest BCUT2D eigenvalue weighted by Gasteiger charge is -2.35. The van der Waals surface area contributed by atoms with Crippen LogP contribution in [0.1, 0.15) is 90.4 Å². The van der Waals surface area contributed by atoms with Crippen LogP contribution in [0, 0.1) is 11.8 Å². The molecule has 1 aromatic heterocycles. The number of aromatic nitrogens is 3. The molecule has 1 aliphatic heterocycles. The molecule has 0 unspecified atom stereocenters. The van der Waals surface area contributed by atoms with Crippen molar-refractivity contribution in [3.63, 3.8) is 0 Å². The molecule has 0 radical (unpaired) electrons. The quantitative estimate of drug-likeness (QED) is 0.261. The molecule has 39 heavy (non-hydrogen) atoms. The van der Waals surface area contributed by atoms with Crippen LogP contribution in [-0.2, 0) is 4.79 Å². The molecule has 0 bridgehead atoms. The van der Waals surface area contributed by atoms with E-state index in [1.165, 1.54) is 64.2 Å². The van der Waals surface area contributed by atoms with Gasteiger partial charge in [-0.2, -0.15) is 15.0 Å². The third kappa shape index (κ3) is 10.0. The highest BCUT2D eigenvalue weighted by molar-refractivity contribution is 5.76. The van der Waals surface area contributed by atoms with E-state index in [4.69, 9.17) is 5.73 Å². The Kier molecular flexibility index (Phi) is 12.3. The largest absolute Gasteiger partial charge is 0.368 e. The van der Waals surface area contributed by atoms with Crippen LogP contribution < -0.4 is 26.6 Å². The van der Waals surface area contributed by atoms with E-state index in [-0.39, 0.29) is 11.9 Å². The van der Waals surface area contributed by atoms with Crippen LogP contribution in [0.3, 0.4) is 0 Å². The number of nitrogens with two attached hydrogens (primary N) is 1. The highest BCUT2D eigenvalue weighted by Gasteiger charge is 2.24. The van der Waals surface area contributed by atoms with Crippen molar-refractivity contribution in [3.8, 4) is 0 Å². The smallest absolute Gasteiger partial charge is 0.232 e. The first kappa shape index (κ1) is 29.8. The summed E-state index contributed by atoms with van der Waals surface area (Å²) in [5.74, 6) is 3.09. The molecule has 0 spiro atoms. The van der Waals surface area contributed by atoms with E-state index in [0.29, 0.717) is 37.3 Å². The van der Waals surface area contributed by atoms with E-state index < -0.39 is 0 Å². The van der Waals surface area contributed by atoms with Gasteiger partial charge in [0.2, 0.25) is 23.8 Å². The maximum atomic E-state index is 12.3. The van der Waals surface area contributed by atoms with Gasteiger partial charge in [0.1, 0.15) is 0 Å². The van der Waals surface area contributed by atoms with E-state index in [1.807, 2.05) is 4.90 Å². The monoisotopic (exact) mass is 543 g/mol. The molecular formula is C29H53N9O. The Morgan fingerprint density at radius 3 is 2.31 bits per heavy atom. The Bertz CT molecular complexity index is 847. The number of rotatable bonds is 14. The van der Waals surface area contributed by atoms with Gasteiger partial charge in [0.25, 0.3) is 0 Å². The van der Waals surface area contributed by atoms with E-state index in [0.717, 1.165) is 64.1 Å². The van der Waals surface area contributed by atoms with Crippen LogP contribution in [0.15, 0.2) is 0 Å². The van der Waals surface area contributed by atoms with Gasteiger partial charge >= 0.3 is 0 Å². The molecule has 0 aromatic carbocycles. The van der Waals surface area contributed by atoms with Crippen LogP contribution in [0.25, 0.3) is 0 Å². The summed E-state index contributed by atoms with van der Waals surface area (Å²) in [5, 5.41) is 10.9. The third-order valence-corrected chi connectivity index (χ3v) is 8.82. The lowest BCUT2D eigenvalue weighted by Crippen LogP contribution is -2.49. The molecule has 4 rings (SSSR count). The molecule has 1 saturated heterocycles. The van der Waals surface area contributed by atoms with Gasteiger partial charge in [0.05, 0.1) is 0 Å². The first-order valence-corrected chi connectivity index (χ1v) is 15.8. The van der Waals surface area contributed by atoms with Crippen molar-refractivity contribution in [2.45, 2.75) is 96.4 Å². The summed E-state index contributed by atoms with van der Waals surface area (Å²) in [6.07, 6.45) is 15.9. The van der Waals surface area contributed by atoms with E-state index in [9.17, 15) is 4.79 Å². The number of piperazine rings is 1. The molecule has 220 valence electrons. The fourth-order valence-electron chi connectivity index (χ4n) is 6.25. The Morgan fingerprint density at radius 2 is 1.59 bits per heavy atom.